The maximum Gasteiger partial charge on any atom is 0.326 e. The highest BCUT2D eigenvalue weighted by Crippen LogP contribution is 2.24. The summed E-state index contributed by atoms with van der Waals surface area (Å²) >= 11 is 0. The fourth-order valence-electron chi connectivity index (χ4n) is 2.37. The molecule has 1 heterocycles. The smallest absolute Gasteiger partial charge is 0.326 e. The van der Waals surface area contributed by atoms with Crippen molar-refractivity contribution in [2.75, 3.05) is 0 Å². The lowest BCUT2D eigenvalue weighted by atomic mass is 10.0. The number of imidazole rings is 1. The fourth-order valence-corrected chi connectivity index (χ4v) is 2.37. The lowest BCUT2D eigenvalue weighted by molar-refractivity contribution is -0.384. The zero-order valence-electron chi connectivity index (χ0n) is 13.7. The van der Waals surface area contributed by atoms with Crippen LogP contribution in [0.1, 0.15) is 30.6 Å². The Hall–Kier alpha value is -3.23. The molecule has 1 atom stereocenters. The lowest BCUT2D eigenvalue weighted by Crippen LogP contribution is -2.41. The first-order valence-corrected chi connectivity index (χ1v) is 7.60. The number of rotatable bonds is 7. The number of aromatic nitrogens is 2. The molecule has 25 heavy (non-hydrogen) atoms. The molecule has 132 valence electrons. The summed E-state index contributed by atoms with van der Waals surface area (Å²) in [6.45, 7) is 3.68. The average Bonchev–Trinajstić information content (AvgIpc) is 3.07. The molecule has 0 aliphatic carbocycles. The van der Waals surface area contributed by atoms with Crippen molar-refractivity contribution in [2.45, 2.75) is 26.3 Å². The molecule has 0 spiro atoms. The van der Waals surface area contributed by atoms with Gasteiger partial charge in [-0.05, 0) is 24.5 Å². The predicted octanol–water partition coefficient (Wildman–Crippen LogP) is 2.01. The Kier molecular flexibility index (Phi) is 5.48. The summed E-state index contributed by atoms with van der Waals surface area (Å²) in [5.74, 6) is -1.75. The third-order valence-corrected chi connectivity index (χ3v) is 3.53. The molecule has 0 aliphatic rings. The predicted molar refractivity (Wildman–Crippen MR) is 88.6 cm³/mol. The van der Waals surface area contributed by atoms with Gasteiger partial charge in [-0.25, -0.2) is 9.78 Å². The molecule has 2 rings (SSSR count). The third-order valence-electron chi connectivity index (χ3n) is 3.53. The van der Waals surface area contributed by atoms with Crippen molar-refractivity contribution in [1.29, 1.82) is 0 Å². The minimum absolute atomic E-state index is 0.0190. The van der Waals surface area contributed by atoms with Crippen LogP contribution in [-0.4, -0.2) is 37.5 Å². The summed E-state index contributed by atoms with van der Waals surface area (Å²) in [7, 11) is 0. The van der Waals surface area contributed by atoms with E-state index in [0.717, 1.165) is 6.07 Å². The van der Waals surface area contributed by atoms with Gasteiger partial charge in [0.05, 0.1) is 11.3 Å². The molecule has 2 N–H and O–H groups in total. The highest BCUT2D eigenvalue weighted by molar-refractivity contribution is 5.97. The Morgan fingerprint density at radius 1 is 1.40 bits per heavy atom. The maximum atomic E-state index is 12.3. The van der Waals surface area contributed by atoms with Crippen LogP contribution in [0.15, 0.2) is 36.9 Å². The molecule has 0 aliphatic heterocycles. The molecule has 2 aromatic rings. The number of carboxylic acids is 1. The van der Waals surface area contributed by atoms with Crippen LogP contribution in [0.4, 0.5) is 5.69 Å². The number of benzene rings is 1. The number of aliphatic carboxylic acids is 1. The number of nitro groups is 1. The summed E-state index contributed by atoms with van der Waals surface area (Å²) < 4.78 is 1.46. The van der Waals surface area contributed by atoms with Crippen LogP contribution in [0.5, 0.6) is 0 Å². The first-order chi connectivity index (χ1) is 11.8. The molecule has 1 aromatic carbocycles. The van der Waals surface area contributed by atoms with Crippen LogP contribution in [0, 0.1) is 16.0 Å². The number of nitrogens with zero attached hydrogens (tertiary/aromatic N) is 3. The number of hydrogen-bond acceptors (Lipinski definition) is 5. The van der Waals surface area contributed by atoms with Crippen LogP contribution in [-0.2, 0) is 4.79 Å². The van der Waals surface area contributed by atoms with Gasteiger partial charge in [0.2, 0.25) is 0 Å². The molecule has 9 heteroatoms. The Bertz CT molecular complexity index is 786. The van der Waals surface area contributed by atoms with Gasteiger partial charge < -0.3 is 15.0 Å². The van der Waals surface area contributed by atoms with E-state index in [9.17, 15) is 24.8 Å². The van der Waals surface area contributed by atoms with E-state index in [1.54, 1.807) is 6.20 Å². The van der Waals surface area contributed by atoms with E-state index in [4.69, 9.17) is 0 Å². The van der Waals surface area contributed by atoms with Gasteiger partial charge in [0.25, 0.3) is 11.6 Å². The Labute approximate surface area is 143 Å². The van der Waals surface area contributed by atoms with Crippen molar-refractivity contribution in [3.8, 4) is 5.69 Å². The van der Waals surface area contributed by atoms with Crippen molar-refractivity contribution in [3.63, 3.8) is 0 Å². The molecule has 0 fully saturated rings. The molecular weight excluding hydrogens is 328 g/mol. The molecule has 1 amide bonds. The van der Waals surface area contributed by atoms with Gasteiger partial charge in [-0.15, -0.1) is 0 Å². The highest BCUT2D eigenvalue weighted by atomic mass is 16.6. The van der Waals surface area contributed by atoms with Crippen LogP contribution in [0.25, 0.3) is 5.69 Å². The number of carbonyl (C=O) groups excluding carboxylic acids is 1. The normalized spacial score (nSPS) is 12.0. The van der Waals surface area contributed by atoms with Crippen molar-refractivity contribution >= 4 is 17.6 Å². The largest absolute Gasteiger partial charge is 0.480 e. The molecule has 0 radical (unpaired) electrons. The van der Waals surface area contributed by atoms with Crippen LogP contribution >= 0.6 is 0 Å². The second-order valence-corrected chi connectivity index (χ2v) is 5.92. The quantitative estimate of drug-likeness (QED) is 0.583. The van der Waals surface area contributed by atoms with Crippen molar-refractivity contribution < 1.29 is 19.6 Å². The lowest BCUT2D eigenvalue weighted by Gasteiger charge is -2.16. The summed E-state index contributed by atoms with van der Waals surface area (Å²) in [5, 5.41) is 22.9. The zero-order chi connectivity index (χ0) is 18.6. The van der Waals surface area contributed by atoms with Crippen molar-refractivity contribution in [2.24, 2.45) is 5.92 Å². The second kappa shape index (κ2) is 7.56. The molecule has 0 unspecified atom stereocenters. The maximum absolute atomic E-state index is 12.3. The van der Waals surface area contributed by atoms with E-state index in [-0.39, 0.29) is 29.3 Å². The number of amides is 1. The average molecular weight is 346 g/mol. The van der Waals surface area contributed by atoms with E-state index < -0.39 is 22.8 Å². The number of hydrogen-bond donors (Lipinski definition) is 2. The Morgan fingerprint density at radius 3 is 2.64 bits per heavy atom. The van der Waals surface area contributed by atoms with Crippen molar-refractivity contribution in [3.05, 3.63) is 52.6 Å². The zero-order valence-corrected chi connectivity index (χ0v) is 13.7. The summed E-state index contributed by atoms with van der Waals surface area (Å²) in [5.41, 5.74) is 0.00275. The van der Waals surface area contributed by atoms with Gasteiger partial charge >= 0.3 is 5.97 Å². The molecule has 0 bridgehead atoms. The van der Waals surface area contributed by atoms with Crippen LogP contribution in [0.2, 0.25) is 0 Å². The molecule has 1 aromatic heterocycles. The number of carbonyl (C=O) groups is 2. The van der Waals surface area contributed by atoms with Gasteiger partial charge in [-0.1, -0.05) is 13.8 Å². The topological polar surface area (TPSA) is 127 Å². The van der Waals surface area contributed by atoms with Crippen LogP contribution < -0.4 is 5.32 Å². The molecule has 0 saturated heterocycles. The second-order valence-electron chi connectivity index (χ2n) is 5.92. The summed E-state index contributed by atoms with van der Waals surface area (Å²) in [6, 6.07) is 2.90. The summed E-state index contributed by atoms with van der Waals surface area (Å²) in [6.07, 6.45) is 4.69. The monoisotopic (exact) mass is 346 g/mol. The number of nitrogens with one attached hydrogen (secondary N) is 1. The minimum Gasteiger partial charge on any atom is -0.480 e. The molecule has 0 saturated carbocycles. The molecular formula is C16H18N4O5. The third kappa shape index (κ3) is 4.40. The first-order valence-electron chi connectivity index (χ1n) is 7.60. The van der Waals surface area contributed by atoms with E-state index >= 15 is 0 Å². The van der Waals surface area contributed by atoms with Gasteiger partial charge in [-0.3, -0.25) is 14.9 Å². The van der Waals surface area contributed by atoms with Gasteiger partial charge in [0.1, 0.15) is 11.7 Å². The van der Waals surface area contributed by atoms with Gasteiger partial charge in [0.15, 0.2) is 0 Å². The standard InChI is InChI=1S/C16H18N4O5/c1-10(2)7-12(16(22)23)18-15(21)11-3-4-13(14(8-11)20(24)25)19-6-5-17-9-19/h3-6,8-10,12H,7H2,1-2H3,(H,18,21)(H,22,23)/t12-/m0/s1. The van der Waals surface area contributed by atoms with Gasteiger partial charge in [0, 0.05) is 24.0 Å². The van der Waals surface area contributed by atoms with Crippen molar-refractivity contribution in [1.82, 2.24) is 14.9 Å². The number of nitro benzene ring substituents is 1. The number of carboxylic acid groups (broad SMARTS) is 1. The summed E-state index contributed by atoms with van der Waals surface area (Å²) in [4.78, 5) is 38.1. The van der Waals surface area contributed by atoms with E-state index in [1.807, 2.05) is 13.8 Å². The van der Waals surface area contributed by atoms with Crippen LogP contribution in [0.3, 0.4) is 0 Å². The minimum atomic E-state index is -1.15. The fraction of sp³-hybridized carbons (Fsp3) is 0.312. The Morgan fingerprint density at radius 2 is 2.12 bits per heavy atom. The van der Waals surface area contributed by atoms with E-state index in [0.29, 0.717) is 0 Å². The highest BCUT2D eigenvalue weighted by Gasteiger charge is 2.24. The van der Waals surface area contributed by atoms with E-state index in [2.05, 4.69) is 10.3 Å². The SMILES string of the molecule is CC(C)C[C@H](NC(=O)c1ccc(-n2ccnc2)c([N+](=O)[O-])c1)C(=O)O. The molecule has 9 nitrogen and oxygen atoms in total. The van der Waals surface area contributed by atoms with E-state index in [1.165, 1.54) is 29.2 Å². The Balaban J connectivity index is 2.30. The van der Waals surface area contributed by atoms with Gasteiger partial charge in [-0.2, -0.15) is 0 Å². The first kappa shape index (κ1) is 18.1.